The molecule has 0 aromatic heterocycles. The van der Waals surface area contributed by atoms with Crippen LogP contribution in [0.3, 0.4) is 0 Å². The Kier molecular flexibility index (Phi) is 3.48. The van der Waals surface area contributed by atoms with Crippen molar-refractivity contribution >= 4 is 11.7 Å². The molecule has 0 bridgehead atoms. The van der Waals surface area contributed by atoms with Crippen molar-refractivity contribution in [3.8, 4) is 0 Å². The molecule has 1 saturated heterocycles. The van der Waals surface area contributed by atoms with Crippen molar-refractivity contribution in [2.24, 2.45) is 0 Å². The molecule has 1 aromatic rings. The Morgan fingerprint density at radius 3 is 2.58 bits per heavy atom. The maximum atomic E-state index is 12.7. The maximum Gasteiger partial charge on any atom is 0.254 e. The summed E-state index contributed by atoms with van der Waals surface area (Å²) in [7, 11) is 0. The van der Waals surface area contributed by atoms with Crippen LogP contribution in [0.25, 0.3) is 0 Å². The Labute approximate surface area is 114 Å². The van der Waals surface area contributed by atoms with E-state index in [4.69, 9.17) is 0 Å². The van der Waals surface area contributed by atoms with E-state index in [2.05, 4.69) is 0 Å². The van der Waals surface area contributed by atoms with Gasteiger partial charge < -0.3 is 4.90 Å². The first-order valence-electron chi connectivity index (χ1n) is 6.72. The number of hydrogen-bond donors (Lipinski definition) is 0. The Bertz CT molecular complexity index is 532. The van der Waals surface area contributed by atoms with E-state index in [-0.39, 0.29) is 23.8 Å². The molecule has 1 fully saturated rings. The normalized spacial score (nSPS) is 18.5. The second kappa shape index (κ2) is 4.80. The molecule has 2 rings (SSSR count). The molecule has 1 amide bonds. The summed E-state index contributed by atoms with van der Waals surface area (Å²) < 4.78 is 0. The minimum absolute atomic E-state index is 0.0319. The summed E-state index contributed by atoms with van der Waals surface area (Å²) in [4.78, 5) is 26.0. The molecular formula is C16H21NO2. The molecule has 1 aromatic carbocycles. The van der Waals surface area contributed by atoms with Gasteiger partial charge >= 0.3 is 0 Å². The third-order valence-electron chi connectivity index (χ3n) is 3.94. The average molecular weight is 259 g/mol. The highest BCUT2D eigenvalue weighted by Gasteiger charge is 2.37. The maximum absolute atomic E-state index is 12.7. The van der Waals surface area contributed by atoms with Gasteiger partial charge in [-0.25, -0.2) is 0 Å². The summed E-state index contributed by atoms with van der Waals surface area (Å²) >= 11 is 0. The van der Waals surface area contributed by atoms with E-state index in [9.17, 15) is 9.59 Å². The topological polar surface area (TPSA) is 37.4 Å². The third-order valence-corrected chi connectivity index (χ3v) is 3.94. The molecule has 0 atom stereocenters. The number of rotatable bonds is 1. The zero-order chi connectivity index (χ0) is 14.2. The van der Waals surface area contributed by atoms with Crippen molar-refractivity contribution < 1.29 is 9.59 Å². The van der Waals surface area contributed by atoms with Crippen LogP contribution in [0.2, 0.25) is 0 Å². The van der Waals surface area contributed by atoms with Gasteiger partial charge in [0.1, 0.15) is 0 Å². The number of ketones is 1. The van der Waals surface area contributed by atoms with Crippen molar-refractivity contribution in [3.05, 3.63) is 34.9 Å². The SMILES string of the molecule is Cc1ccc(C(=O)N2CC(=O)CCC2(C)C)c(C)c1. The first-order valence-corrected chi connectivity index (χ1v) is 6.72. The highest BCUT2D eigenvalue weighted by Crippen LogP contribution is 2.28. The number of nitrogens with zero attached hydrogens (tertiary/aromatic N) is 1. The number of hydrogen-bond acceptors (Lipinski definition) is 2. The number of carbonyl (C=O) groups excluding carboxylic acids is 2. The van der Waals surface area contributed by atoms with Crippen LogP contribution >= 0.6 is 0 Å². The quantitative estimate of drug-likeness (QED) is 0.777. The molecule has 3 nitrogen and oxygen atoms in total. The third kappa shape index (κ3) is 2.70. The van der Waals surface area contributed by atoms with Gasteiger partial charge in [-0.2, -0.15) is 0 Å². The monoisotopic (exact) mass is 259 g/mol. The van der Waals surface area contributed by atoms with Gasteiger partial charge in [-0.1, -0.05) is 17.7 Å². The molecule has 1 aliphatic rings. The summed E-state index contributed by atoms with van der Waals surface area (Å²) in [6.45, 7) is 8.25. The van der Waals surface area contributed by atoms with E-state index in [1.54, 1.807) is 4.90 Å². The molecule has 102 valence electrons. The molecule has 19 heavy (non-hydrogen) atoms. The minimum atomic E-state index is -0.248. The van der Waals surface area contributed by atoms with Crippen LogP contribution in [-0.2, 0) is 4.79 Å². The Morgan fingerprint density at radius 1 is 1.26 bits per heavy atom. The fraction of sp³-hybridized carbons (Fsp3) is 0.500. The first kappa shape index (κ1) is 13.8. The molecule has 0 N–H and O–H groups in total. The van der Waals surface area contributed by atoms with Crippen molar-refractivity contribution in [2.75, 3.05) is 6.54 Å². The van der Waals surface area contributed by atoms with Gasteiger partial charge in [-0.05, 0) is 45.7 Å². The van der Waals surface area contributed by atoms with Crippen molar-refractivity contribution in [1.82, 2.24) is 4.90 Å². The lowest BCUT2D eigenvalue weighted by atomic mass is 9.88. The lowest BCUT2D eigenvalue weighted by Crippen LogP contribution is -2.53. The van der Waals surface area contributed by atoms with Gasteiger partial charge in [0, 0.05) is 17.5 Å². The zero-order valence-corrected chi connectivity index (χ0v) is 12.1. The fourth-order valence-corrected chi connectivity index (χ4v) is 2.60. The van der Waals surface area contributed by atoms with Crippen molar-refractivity contribution in [1.29, 1.82) is 0 Å². The van der Waals surface area contributed by atoms with E-state index in [0.717, 1.165) is 17.5 Å². The van der Waals surface area contributed by atoms with Crippen molar-refractivity contribution in [2.45, 2.75) is 46.1 Å². The van der Waals surface area contributed by atoms with Gasteiger partial charge in [0.15, 0.2) is 5.78 Å². The minimum Gasteiger partial charge on any atom is -0.326 e. The van der Waals surface area contributed by atoms with E-state index in [0.29, 0.717) is 12.0 Å². The number of likely N-dealkylation sites (tertiary alicyclic amines) is 1. The van der Waals surface area contributed by atoms with Gasteiger partial charge in [-0.15, -0.1) is 0 Å². The van der Waals surface area contributed by atoms with Crippen LogP contribution in [0.5, 0.6) is 0 Å². The zero-order valence-electron chi connectivity index (χ0n) is 12.1. The van der Waals surface area contributed by atoms with E-state index < -0.39 is 0 Å². The lowest BCUT2D eigenvalue weighted by molar-refractivity contribution is -0.124. The van der Waals surface area contributed by atoms with Gasteiger partial charge in [-0.3, -0.25) is 9.59 Å². The molecule has 3 heteroatoms. The Hall–Kier alpha value is -1.64. The number of aryl methyl sites for hydroxylation is 2. The predicted octanol–water partition coefficient (Wildman–Crippen LogP) is 2.89. The highest BCUT2D eigenvalue weighted by molar-refractivity contribution is 5.99. The molecule has 0 aliphatic carbocycles. The molecule has 0 radical (unpaired) electrons. The second-order valence-electron chi connectivity index (χ2n) is 6.06. The molecular weight excluding hydrogens is 238 g/mol. The average Bonchev–Trinajstić information content (AvgIpc) is 2.31. The molecule has 1 aliphatic heterocycles. The van der Waals surface area contributed by atoms with Crippen LogP contribution in [0.15, 0.2) is 18.2 Å². The summed E-state index contributed by atoms with van der Waals surface area (Å²) in [6.07, 6.45) is 1.31. The largest absolute Gasteiger partial charge is 0.326 e. The fourth-order valence-electron chi connectivity index (χ4n) is 2.60. The number of Topliss-reactive ketones (excluding diaryl/α,β-unsaturated/α-hetero) is 1. The van der Waals surface area contributed by atoms with Gasteiger partial charge in [0.2, 0.25) is 0 Å². The Morgan fingerprint density at radius 2 is 1.95 bits per heavy atom. The van der Waals surface area contributed by atoms with Crippen LogP contribution in [0.1, 0.15) is 48.2 Å². The second-order valence-corrected chi connectivity index (χ2v) is 6.06. The van der Waals surface area contributed by atoms with Crippen LogP contribution in [0.4, 0.5) is 0 Å². The van der Waals surface area contributed by atoms with E-state index in [1.165, 1.54) is 0 Å². The van der Waals surface area contributed by atoms with Crippen LogP contribution in [-0.4, -0.2) is 28.7 Å². The van der Waals surface area contributed by atoms with E-state index in [1.807, 2.05) is 45.9 Å². The smallest absolute Gasteiger partial charge is 0.254 e. The van der Waals surface area contributed by atoms with Crippen molar-refractivity contribution in [3.63, 3.8) is 0 Å². The van der Waals surface area contributed by atoms with E-state index >= 15 is 0 Å². The lowest BCUT2D eigenvalue weighted by Gasteiger charge is -2.42. The molecule has 0 saturated carbocycles. The summed E-state index contributed by atoms with van der Waals surface area (Å²) in [5.74, 6) is 0.119. The number of benzene rings is 1. The first-order chi connectivity index (χ1) is 8.81. The summed E-state index contributed by atoms with van der Waals surface area (Å²) in [6, 6.07) is 5.81. The van der Waals surface area contributed by atoms with Crippen LogP contribution < -0.4 is 0 Å². The predicted molar refractivity (Wildman–Crippen MR) is 75.3 cm³/mol. The number of piperidine rings is 1. The Balaban J connectivity index is 2.34. The van der Waals surface area contributed by atoms with Gasteiger partial charge in [0.05, 0.1) is 6.54 Å². The number of amides is 1. The molecule has 0 spiro atoms. The highest BCUT2D eigenvalue weighted by atomic mass is 16.2. The summed E-state index contributed by atoms with van der Waals surface area (Å²) in [5, 5.41) is 0. The van der Waals surface area contributed by atoms with Crippen LogP contribution in [0, 0.1) is 13.8 Å². The standard InChI is InChI=1S/C16H21NO2/c1-11-5-6-14(12(2)9-11)15(19)17-10-13(18)7-8-16(17,3)4/h5-6,9H,7-8,10H2,1-4H3. The molecule has 0 unspecified atom stereocenters. The van der Waals surface area contributed by atoms with Gasteiger partial charge in [0.25, 0.3) is 5.91 Å². The number of carbonyl (C=O) groups is 2. The molecule has 1 heterocycles. The summed E-state index contributed by atoms with van der Waals surface area (Å²) in [5.41, 5.74) is 2.57.